The average molecular weight is 578 g/mol. The SMILES string of the molecule is Cc1cc(N(C)C(=O)[C@H]2CC[C@H](Oc3cccc(CCOC(=O)NCN=[N+]=[N-])c3)CC2)ccc1CN1CCN[C@@H](C)C1. The average Bonchev–Trinajstić information content (AvgIpc) is 2.98. The molecule has 0 bridgehead atoms. The van der Waals surface area contributed by atoms with E-state index < -0.39 is 6.09 Å². The highest BCUT2D eigenvalue weighted by Crippen LogP contribution is 2.31. The van der Waals surface area contributed by atoms with E-state index in [0.717, 1.165) is 68.9 Å². The zero-order chi connectivity index (χ0) is 29.9. The number of nitrogens with one attached hydrogen (secondary N) is 2. The van der Waals surface area contributed by atoms with Crippen LogP contribution in [-0.4, -0.2) is 69.0 Å². The Hall–Kier alpha value is -3.79. The van der Waals surface area contributed by atoms with E-state index in [9.17, 15) is 9.59 Å². The van der Waals surface area contributed by atoms with Crippen LogP contribution in [0.1, 0.15) is 49.3 Å². The van der Waals surface area contributed by atoms with Crippen LogP contribution >= 0.6 is 0 Å². The predicted octanol–water partition coefficient (Wildman–Crippen LogP) is 4.93. The molecule has 226 valence electrons. The van der Waals surface area contributed by atoms with Gasteiger partial charge in [-0.25, -0.2) is 4.79 Å². The first-order chi connectivity index (χ1) is 20.3. The van der Waals surface area contributed by atoms with Gasteiger partial charge in [0.25, 0.3) is 0 Å². The Balaban J connectivity index is 1.22. The van der Waals surface area contributed by atoms with Gasteiger partial charge >= 0.3 is 6.09 Å². The summed E-state index contributed by atoms with van der Waals surface area (Å²) in [5.41, 5.74) is 12.7. The maximum atomic E-state index is 13.4. The first-order valence-corrected chi connectivity index (χ1v) is 14.8. The summed E-state index contributed by atoms with van der Waals surface area (Å²) in [6, 6.07) is 14.7. The number of alkyl carbamates (subject to hydrolysis) is 1. The molecule has 11 heteroatoms. The number of nitrogens with zero attached hydrogens (tertiary/aromatic N) is 5. The van der Waals surface area contributed by atoms with E-state index in [1.54, 1.807) is 0 Å². The van der Waals surface area contributed by atoms with Crippen LogP contribution < -0.4 is 20.3 Å². The molecule has 2 aromatic rings. The number of azide groups is 1. The maximum absolute atomic E-state index is 13.4. The second-order valence-corrected chi connectivity index (χ2v) is 11.3. The first-order valence-electron chi connectivity index (χ1n) is 14.8. The number of carbonyl (C=O) groups excluding carboxylic acids is 2. The van der Waals surface area contributed by atoms with Crippen molar-refractivity contribution in [1.29, 1.82) is 0 Å². The summed E-state index contributed by atoms with van der Waals surface area (Å²) in [6.45, 7) is 8.48. The minimum atomic E-state index is -0.626. The zero-order valence-corrected chi connectivity index (χ0v) is 24.9. The Bertz CT molecular complexity index is 1260. The summed E-state index contributed by atoms with van der Waals surface area (Å²) in [5.74, 6) is 0.936. The summed E-state index contributed by atoms with van der Waals surface area (Å²) in [4.78, 5) is 31.8. The molecule has 2 aliphatic rings. The van der Waals surface area contributed by atoms with Crippen LogP contribution in [0.15, 0.2) is 47.6 Å². The summed E-state index contributed by atoms with van der Waals surface area (Å²) in [7, 11) is 1.89. The van der Waals surface area contributed by atoms with Gasteiger partial charge in [-0.1, -0.05) is 23.3 Å². The van der Waals surface area contributed by atoms with Gasteiger partial charge in [0.2, 0.25) is 5.91 Å². The largest absolute Gasteiger partial charge is 0.490 e. The molecule has 0 radical (unpaired) electrons. The molecule has 0 spiro atoms. The fourth-order valence-corrected chi connectivity index (χ4v) is 5.70. The Morgan fingerprint density at radius 2 is 2.00 bits per heavy atom. The minimum Gasteiger partial charge on any atom is -0.490 e. The second-order valence-electron chi connectivity index (χ2n) is 11.3. The molecular formula is C31H43N7O4. The number of piperazine rings is 1. The molecule has 2 N–H and O–H groups in total. The van der Waals surface area contributed by atoms with Crippen molar-refractivity contribution in [2.75, 3.05) is 44.9 Å². The number of ether oxygens (including phenoxy) is 2. The molecule has 2 amide bonds. The van der Waals surface area contributed by atoms with Crippen LogP contribution in [0.3, 0.4) is 0 Å². The number of aryl methyl sites for hydroxylation is 1. The van der Waals surface area contributed by atoms with E-state index in [1.807, 2.05) is 36.2 Å². The van der Waals surface area contributed by atoms with E-state index >= 15 is 0 Å². The van der Waals surface area contributed by atoms with Gasteiger partial charge < -0.3 is 25.0 Å². The zero-order valence-electron chi connectivity index (χ0n) is 24.9. The van der Waals surface area contributed by atoms with Gasteiger partial charge in [-0.2, -0.15) is 0 Å². The van der Waals surface area contributed by atoms with Gasteiger partial charge in [-0.05, 0) is 86.0 Å². The quantitative estimate of drug-likeness (QED) is 0.221. The van der Waals surface area contributed by atoms with Gasteiger partial charge in [0.05, 0.1) is 19.4 Å². The summed E-state index contributed by atoms with van der Waals surface area (Å²) in [5, 5.41) is 9.07. The lowest BCUT2D eigenvalue weighted by Crippen LogP contribution is -2.48. The molecule has 1 aliphatic carbocycles. The maximum Gasteiger partial charge on any atom is 0.407 e. The third-order valence-electron chi connectivity index (χ3n) is 8.10. The number of rotatable bonds is 11. The van der Waals surface area contributed by atoms with Gasteiger partial charge in [-0.15, -0.1) is 0 Å². The highest BCUT2D eigenvalue weighted by molar-refractivity contribution is 5.94. The molecule has 11 nitrogen and oxygen atoms in total. The monoisotopic (exact) mass is 577 g/mol. The molecule has 1 saturated carbocycles. The van der Waals surface area contributed by atoms with Gasteiger partial charge in [-0.3, -0.25) is 9.69 Å². The molecule has 1 aliphatic heterocycles. The molecule has 1 saturated heterocycles. The van der Waals surface area contributed by atoms with Crippen LogP contribution in [-0.2, 0) is 22.5 Å². The minimum absolute atomic E-state index is 0.00866. The van der Waals surface area contributed by atoms with Crippen LogP contribution in [0.4, 0.5) is 10.5 Å². The number of hydrogen-bond donors (Lipinski definition) is 2. The van der Waals surface area contributed by atoms with E-state index in [0.29, 0.717) is 12.5 Å². The third-order valence-corrected chi connectivity index (χ3v) is 8.10. The molecule has 1 atom stereocenters. The van der Waals surface area contributed by atoms with Gasteiger partial charge in [0, 0.05) is 62.2 Å². The standard InChI is InChI=1S/C31H43N7O4/c1-22-17-27(10-7-26(22)20-38-15-14-33-23(2)19-38)37(3)30(39)25-8-11-28(12-9-25)42-29-6-4-5-24(18-29)13-16-41-31(40)34-21-35-36-32/h4-7,10,17-18,23,25,28,33H,8-9,11-16,19-21H2,1-3H3,(H,34,40)/t23-,25-,28-/m0/s1. The van der Waals surface area contributed by atoms with E-state index in [2.05, 4.69) is 57.6 Å². The number of anilines is 1. The predicted molar refractivity (Wildman–Crippen MR) is 162 cm³/mol. The van der Waals surface area contributed by atoms with Crippen LogP contribution in [0.5, 0.6) is 5.75 Å². The fourth-order valence-electron chi connectivity index (χ4n) is 5.70. The van der Waals surface area contributed by atoms with Crippen LogP contribution in [0, 0.1) is 12.8 Å². The van der Waals surface area contributed by atoms with E-state index in [-0.39, 0.29) is 31.2 Å². The lowest BCUT2D eigenvalue weighted by Gasteiger charge is -2.32. The number of amides is 2. The Kier molecular flexibility index (Phi) is 11.5. The van der Waals surface area contributed by atoms with Crippen molar-refractivity contribution in [3.8, 4) is 5.75 Å². The topological polar surface area (TPSA) is 132 Å². The molecule has 4 rings (SSSR count). The van der Waals surface area contributed by atoms with Crippen LogP contribution in [0.25, 0.3) is 10.4 Å². The van der Waals surface area contributed by atoms with E-state index in [4.69, 9.17) is 15.0 Å². The lowest BCUT2D eigenvalue weighted by molar-refractivity contribution is -0.123. The number of carbonyl (C=O) groups is 2. The molecular weight excluding hydrogens is 534 g/mol. The van der Waals surface area contributed by atoms with Crippen molar-refractivity contribution >= 4 is 17.7 Å². The molecule has 2 aromatic carbocycles. The molecule has 42 heavy (non-hydrogen) atoms. The normalized spacial score (nSPS) is 20.7. The lowest BCUT2D eigenvalue weighted by atomic mass is 9.86. The van der Waals surface area contributed by atoms with Crippen molar-refractivity contribution in [1.82, 2.24) is 15.5 Å². The highest BCUT2D eigenvalue weighted by Gasteiger charge is 2.30. The molecule has 0 aromatic heterocycles. The van der Waals surface area contributed by atoms with E-state index in [1.165, 1.54) is 11.1 Å². The van der Waals surface area contributed by atoms with Gasteiger partial charge in [0.1, 0.15) is 5.75 Å². The van der Waals surface area contributed by atoms with Crippen molar-refractivity contribution in [2.45, 2.75) is 64.6 Å². The Labute approximate surface area is 248 Å². The molecule has 2 fully saturated rings. The third kappa shape index (κ3) is 9.11. The first kappa shape index (κ1) is 31.2. The molecule has 1 heterocycles. The van der Waals surface area contributed by atoms with Gasteiger partial charge in [0.15, 0.2) is 0 Å². The summed E-state index contributed by atoms with van der Waals surface area (Å²) < 4.78 is 11.4. The summed E-state index contributed by atoms with van der Waals surface area (Å²) >= 11 is 0. The highest BCUT2D eigenvalue weighted by atomic mass is 16.5. The Morgan fingerprint density at radius 3 is 2.74 bits per heavy atom. The Morgan fingerprint density at radius 1 is 1.19 bits per heavy atom. The van der Waals surface area contributed by atoms with Crippen molar-refractivity contribution < 1.29 is 19.1 Å². The van der Waals surface area contributed by atoms with Crippen molar-refractivity contribution in [3.63, 3.8) is 0 Å². The fraction of sp³-hybridized carbons (Fsp3) is 0.548. The van der Waals surface area contributed by atoms with Crippen molar-refractivity contribution in [3.05, 3.63) is 69.6 Å². The van der Waals surface area contributed by atoms with Crippen LogP contribution in [0.2, 0.25) is 0 Å². The smallest absolute Gasteiger partial charge is 0.407 e. The number of hydrogen-bond acceptors (Lipinski definition) is 7. The van der Waals surface area contributed by atoms with Crippen molar-refractivity contribution in [2.24, 2.45) is 11.0 Å². The number of benzene rings is 2. The summed E-state index contributed by atoms with van der Waals surface area (Å²) in [6.07, 6.45) is 3.21. The second kappa shape index (κ2) is 15.4. The molecule has 0 unspecified atom stereocenters.